The average Bonchev–Trinajstić information content (AvgIpc) is 2.20. The lowest BCUT2D eigenvalue weighted by atomic mass is 10.2. The second kappa shape index (κ2) is 4.32. The highest BCUT2D eigenvalue weighted by molar-refractivity contribution is 5.99. The fraction of sp³-hybridized carbons (Fsp3) is 0. The molecule has 1 aromatic carbocycles. The van der Waals surface area contributed by atoms with Crippen molar-refractivity contribution in [2.75, 3.05) is 5.32 Å². The van der Waals surface area contributed by atoms with Crippen LogP contribution in [-0.2, 0) is 4.79 Å². The molecule has 1 N–H and O–H groups in total. The first kappa shape index (κ1) is 10.8. The van der Waals surface area contributed by atoms with Gasteiger partial charge in [0.1, 0.15) is 0 Å². The molecule has 0 saturated carbocycles. The normalized spacial score (nSPS) is 9.40. The van der Waals surface area contributed by atoms with E-state index < -0.39 is 22.3 Å². The van der Waals surface area contributed by atoms with Crippen molar-refractivity contribution in [1.82, 2.24) is 0 Å². The lowest BCUT2D eigenvalue weighted by molar-refractivity contribution is -0.387. The van der Waals surface area contributed by atoms with Crippen LogP contribution < -0.4 is 5.32 Å². The summed E-state index contributed by atoms with van der Waals surface area (Å²) < 4.78 is 12.9. The maximum Gasteiger partial charge on any atom is 0.306 e. The standard InChI is InChI=1S/C9H7FN2O3/c1-2-9(13)11-6-3-4-7(10)8(5-6)12(14)15/h2-5H,1H2,(H,11,13). The molecular weight excluding hydrogens is 203 g/mol. The monoisotopic (exact) mass is 210 g/mol. The zero-order chi connectivity index (χ0) is 11.4. The molecule has 1 aromatic rings. The largest absolute Gasteiger partial charge is 0.322 e. The van der Waals surface area contributed by atoms with Crippen molar-refractivity contribution in [1.29, 1.82) is 0 Å². The highest BCUT2D eigenvalue weighted by atomic mass is 19.1. The molecule has 15 heavy (non-hydrogen) atoms. The number of nitrogens with zero attached hydrogens (tertiary/aromatic N) is 1. The van der Waals surface area contributed by atoms with E-state index in [0.29, 0.717) is 0 Å². The van der Waals surface area contributed by atoms with Crippen LogP contribution in [0.2, 0.25) is 0 Å². The molecule has 0 unspecified atom stereocenters. The van der Waals surface area contributed by atoms with Crippen LogP contribution in [0, 0.1) is 15.9 Å². The van der Waals surface area contributed by atoms with Gasteiger partial charge in [0.05, 0.1) is 4.92 Å². The molecular formula is C9H7FN2O3. The van der Waals surface area contributed by atoms with Gasteiger partial charge in [0.25, 0.3) is 0 Å². The summed E-state index contributed by atoms with van der Waals surface area (Å²) >= 11 is 0. The number of amides is 1. The van der Waals surface area contributed by atoms with Gasteiger partial charge in [-0.1, -0.05) is 6.58 Å². The molecule has 0 radical (unpaired) electrons. The molecule has 0 aliphatic carbocycles. The van der Waals surface area contributed by atoms with Crippen molar-refractivity contribution in [2.45, 2.75) is 0 Å². The molecule has 78 valence electrons. The van der Waals surface area contributed by atoms with E-state index in [1.807, 2.05) is 0 Å². The van der Waals surface area contributed by atoms with Crippen LogP contribution in [0.25, 0.3) is 0 Å². The average molecular weight is 210 g/mol. The molecule has 0 atom stereocenters. The Labute approximate surface area is 84.4 Å². The van der Waals surface area contributed by atoms with Crippen LogP contribution in [0.3, 0.4) is 0 Å². The summed E-state index contributed by atoms with van der Waals surface area (Å²) in [4.78, 5) is 20.4. The predicted molar refractivity (Wildman–Crippen MR) is 51.9 cm³/mol. The number of nitro groups is 1. The summed E-state index contributed by atoms with van der Waals surface area (Å²) in [5, 5.41) is 12.6. The Kier molecular flexibility index (Phi) is 3.12. The van der Waals surface area contributed by atoms with Gasteiger partial charge in [0.2, 0.25) is 11.7 Å². The molecule has 0 aliphatic heterocycles. The van der Waals surface area contributed by atoms with E-state index in [4.69, 9.17) is 0 Å². The molecule has 1 amide bonds. The van der Waals surface area contributed by atoms with Gasteiger partial charge in [0.15, 0.2) is 0 Å². The quantitative estimate of drug-likeness (QED) is 0.470. The molecule has 0 aromatic heterocycles. The van der Waals surface area contributed by atoms with Crippen molar-refractivity contribution in [3.05, 3.63) is 46.8 Å². The van der Waals surface area contributed by atoms with Crippen LogP contribution in [0.1, 0.15) is 0 Å². The van der Waals surface area contributed by atoms with Crippen LogP contribution in [0.5, 0.6) is 0 Å². The van der Waals surface area contributed by atoms with Gasteiger partial charge < -0.3 is 5.32 Å². The number of benzene rings is 1. The number of hydrogen-bond donors (Lipinski definition) is 1. The van der Waals surface area contributed by atoms with Gasteiger partial charge in [-0.05, 0) is 18.2 Å². The highest BCUT2D eigenvalue weighted by Gasteiger charge is 2.14. The lowest BCUT2D eigenvalue weighted by Gasteiger charge is -2.01. The van der Waals surface area contributed by atoms with E-state index in [9.17, 15) is 19.3 Å². The van der Waals surface area contributed by atoms with Crippen molar-refractivity contribution >= 4 is 17.3 Å². The third kappa shape index (κ3) is 2.60. The maximum atomic E-state index is 12.9. The molecule has 0 heterocycles. The van der Waals surface area contributed by atoms with Crippen LogP contribution in [0.4, 0.5) is 15.8 Å². The number of nitro benzene ring substituents is 1. The third-order valence-corrected chi connectivity index (χ3v) is 1.60. The summed E-state index contributed by atoms with van der Waals surface area (Å²) in [6.45, 7) is 3.21. The Bertz CT molecular complexity index is 431. The summed E-state index contributed by atoms with van der Waals surface area (Å²) in [6.07, 6.45) is 1.01. The number of hydrogen-bond acceptors (Lipinski definition) is 3. The smallest absolute Gasteiger partial charge is 0.306 e. The van der Waals surface area contributed by atoms with Crippen LogP contribution in [-0.4, -0.2) is 10.8 Å². The van der Waals surface area contributed by atoms with Gasteiger partial charge in [-0.2, -0.15) is 4.39 Å². The molecule has 0 bridgehead atoms. The fourth-order valence-corrected chi connectivity index (χ4v) is 0.924. The summed E-state index contributed by atoms with van der Waals surface area (Å²) in [7, 11) is 0. The van der Waals surface area contributed by atoms with Gasteiger partial charge in [-0.3, -0.25) is 14.9 Å². The molecule has 0 fully saturated rings. The first-order valence-corrected chi connectivity index (χ1v) is 3.92. The minimum atomic E-state index is -0.948. The number of halogens is 1. The molecule has 5 nitrogen and oxygen atoms in total. The Morgan fingerprint density at radius 1 is 1.60 bits per heavy atom. The summed E-state index contributed by atoms with van der Waals surface area (Å²) in [6, 6.07) is 3.08. The van der Waals surface area contributed by atoms with Gasteiger partial charge in [-0.15, -0.1) is 0 Å². The van der Waals surface area contributed by atoms with E-state index in [1.54, 1.807) is 0 Å². The van der Waals surface area contributed by atoms with Gasteiger partial charge >= 0.3 is 5.69 Å². The lowest BCUT2D eigenvalue weighted by Crippen LogP contribution is -2.07. The molecule has 0 saturated heterocycles. The number of rotatable bonds is 3. The zero-order valence-corrected chi connectivity index (χ0v) is 7.57. The minimum Gasteiger partial charge on any atom is -0.322 e. The number of nitrogens with one attached hydrogen (secondary N) is 1. The number of anilines is 1. The van der Waals surface area contributed by atoms with Gasteiger partial charge in [-0.25, -0.2) is 0 Å². The van der Waals surface area contributed by atoms with E-state index in [0.717, 1.165) is 18.2 Å². The van der Waals surface area contributed by atoms with Crippen molar-refractivity contribution in [3.8, 4) is 0 Å². The molecule has 0 aliphatic rings. The Morgan fingerprint density at radius 2 is 2.27 bits per heavy atom. The van der Waals surface area contributed by atoms with Crippen molar-refractivity contribution < 1.29 is 14.1 Å². The van der Waals surface area contributed by atoms with Crippen molar-refractivity contribution in [2.24, 2.45) is 0 Å². The van der Waals surface area contributed by atoms with Crippen LogP contribution in [0.15, 0.2) is 30.9 Å². The molecule has 0 spiro atoms. The highest BCUT2D eigenvalue weighted by Crippen LogP contribution is 2.21. The molecule has 1 rings (SSSR count). The van der Waals surface area contributed by atoms with Gasteiger partial charge in [0, 0.05) is 11.8 Å². The number of carbonyl (C=O) groups excluding carboxylic acids is 1. The Balaban J connectivity index is 3.02. The Morgan fingerprint density at radius 3 is 2.80 bits per heavy atom. The SMILES string of the molecule is C=CC(=O)Nc1ccc(F)c([N+](=O)[O-])c1. The summed E-state index contributed by atoms with van der Waals surface area (Å²) in [5.41, 5.74) is -0.537. The van der Waals surface area contributed by atoms with Crippen LogP contribution >= 0.6 is 0 Å². The zero-order valence-electron chi connectivity index (χ0n) is 7.57. The van der Waals surface area contributed by atoms with E-state index >= 15 is 0 Å². The minimum absolute atomic E-state index is 0.146. The fourth-order valence-electron chi connectivity index (χ4n) is 0.924. The third-order valence-electron chi connectivity index (χ3n) is 1.60. The topological polar surface area (TPSA) is 72.2 Å². The molecule has 6 heteroatoms. The summed E-state index contributed by atoms with van der Waals surface area (Å²) in [5.74, 6) is -1.47. The predicted octanol–water partition coefficient (Wildman–Crippen LogP) is 1.86. The van der Waals surface area contributed by atoms with E-state index in [-0.39, 0.29) is 5.69 Å². The maximum absolute atomic E-state index is 12.9. The number of carbonyl (C=O) groups is 1. The second-order valence-electron chi connectivity index (χ2n) is 2.62. The second-order valence-corrected chi connectivity index (χ2v) is 2.62. The van der Waals surface area contributed by atoms with Crippen molar-refractivity contribution in [3.63, 3.8) is 0 Å². The first-order chi connectivity index (χ1) is 7.04. The van der Waals surface area contributed by atoms with E-state index in [2.05, 4.69) is 11.9 Å². The first-order valence-electron chi connectivity index (χ1n) is 3.92. The Hall–Kier alpha value is -2.24. The van der Waals surface area contributed by atoms with E-state index in [1.165, 1.54) is 6.07 Å².